The van der Waals surface area contributed by atoms with Crippen LogP contribution < -0.4 is 5.73 Å². The highest BCUT2D eigenvalue weighted by Crippen LogP contribution is 1.96. The molecule has 1 heterocycles. The highest BCUT2D eigenvalue weighted by Gasteiger charge is 2.12. The van der Waals surface area contributed by atoms with Crippen LogP contribution in [0.2, 0.25) is 0 Å². The van der Waals surface area contributed by atoms with Crippen LogP contribution in [0.1, 0.15) is 6.92 Å². The number of ether oxygens (including phenoxy) is 1. The Balaban J connectivity index is 2.30. The second kappa shape index (κ2) is 3.91. The number of likely N-dealkylation sites (N-methyl/N-ethyl adjacent to an activating group) is 1. The smallest absolute Gasteiger partial charge is 0.0630 e. The topological polar surface area (TPSA) is 38.5 Å². The molecule has 0 aromatic heterocycles. The zero-order valence-corrected chi connectivity index (χ0v) is 6.55. The molecule has 1 aliphatic rings. The van der Waals surface area contributed by atoms with Gasteiger partial charge >= 0.3 is 0 Å². The van der Waals surface area contributed by atoms with Crippen molar-refractivity contribution in [3.8, 4) is 0 Å². The molecule has 0 spiro atoms. The maximum Gasteiger partial charge on any atom is 0.0630 e. The van der Waals surface area contributed by atoms with Crippen LogP contribution in [0, 0.1) is 0 Å². The lowest BCUT2D eigenvalue weighted by molar-refractivity contribution is 0.136. The molecule has 0 amide bonds. The third-order valence-corrected chi connectivity index (χ3v) is 1.82. The van der Waals surface area contributed by atoms with E-state index in [0.717, 1.165) is 32.8 Å². The summed E-state index contributed by atoms with van der Waals surface area (Å²) < 4.78 is 5.27. The van der Waals surface area contributed by atoms with Crippen molar-refractivity contribution in [3.05, 3.63) is 0 Å². The normalized spacial score (nSPS) is 30.0. The molecular weight excluding hydrogens is 128 g/mol. The van der Waals surface area contributed by atoms with Crippen LogP contribution in [0.4, 0.5) is 0 Å². The third-order valence-electron chi connectivity index (χ3n) is 1.82. The molecule has 0 saturated carbocycles. The van der Waals surface area contributed by atoms with E-state index in [2.05, 4.69) is 11.8 Å². The van der Waals surface area contributed by atoms with E-state index in [0.29, 0.717) is 0 Å². The molecular formula is C7H16N2O. The molecule has 3 heteroatoms. The van der Waals surface area contributed by atoms with E-state index >= 15 is 0 Å². The predicted octanol–water partition coefficient (Wildman–Crippen LogP) is -0.334. The molecule has 1 fully saturated rings. The maximum absolute atomic E-state index is 5.73. The van der Waals surface area contributed by atoms with Crippen molar-refractivity contribution in [2.24, 2.45) is 5.73 Å². The minimum Gasteiger partial charge on any atom is -0.378 e. The van der Waals surface area contributed by atoms with Gasteiger partial charge in [-0.3, -0.25) is 4.90 Å². The Bertz CT molecular complexity index is 97.6. The van der Waals surface area contributed by atoms with Crippen LogP contribution in [-0.2, 0) is 4.74 Å². The highest BCUT2D eigenvalue weighted by atomic mass is 16.5. The molecule has 1 atom stereocenters. The standard InChI is InChI=1S/C7H16N2O/c1-2-9-3-4-10-6-7(8)5-9/h7H,2-6,8H2,1H3/t7-/m0/s1. The fraction of sp³-hybridized carbons (Fsp3) is 1.00. The highest BCUT2D eigenvalue weighted by molar-refractivity contribution is 4.69. The lowest BCUT2D eigenvalue weighted by atomic mass is 10.3. The summed E-state index contributed by atoms with van der Waals surface area (Å²) in [7, 11) is 0. The first-order chi connectivity index (χ1) is 4.83. The molecule has 10 heavy (non-hydrogen) atoms. The predicted molar refractivity (Wildman–Crippen MR) is 40.9 cm³/mol. The summed E-state index contributed by atoms with van der Waals surface area (Å²) in [6, 6.07) is 0.211. The van der Waals surface area contributed by atoms with Gasteiger partial charge in [-0.25, -0.2) is 0 Å². The molecule has 1 rings (SSSR count). The van der Waals surface area contributed by atoms with E-state index in [1.165, 1.54) is 0 Å². The Labute approximate surface area is 62.1 Å². The van der Waals surface area contributed by atoms with Crippen molar-refractivity contribution in [1.82, 2.24) is 4.90 Å². The van der Waals surface area contributed by atoms with Crippen LogP contribution in [-0.4, -0.2) is 43.8 Å². The van der Waals surface area contributed by atoms with Gasteiger partial charge in [0, 0.05) is 19.1 Å². The Morgan fingerprint density at radius 2 is 2.50 bits per heavy atom. The van der Waals surface area contributed by atoms with Crippen LogP contribution >= 0.6 is 0 Å². The molecule has 0 aromatic rings. The van der Waals surface area contributed by atoms with Crippen molar-refractivity contribution in [2.75, 3.05) is 32.8 Å². The number of hydrogen-bond acceptors (Lipinski definition) is 3. The second-order valence-corrected chi connectivity index (χ2v) is 2.73. The van der Waals surface area contributed by atoms with E-state index in [4.69, 9.17) is 10.5 Å². The molecule has 60 valence electrons. The van der Waals surface area contributed by atoms with Gasteiger partial charge in [-0.15, -0.1) is 0 Å². The van der Waals surface area contributed by atoms with Crippen LogP contribution in [0.3, 0.4) is 0 Å². The third kappa shape index (κ3) is 2.25. The van der Waals surface area contributed by atoms with E-state index in [1.807, 2.05) is 0 Å². The fourth-order valence-electron chi connectivity index (χ4n) is 1.19. The summed E-state index contributed by atoms with van der Waals surface area (Å²) in [6.45, 7) is 6.80. The van der Waals surface area contributed by atoms with E-state index in [-0.39, 0.29) is 6.04 Å². The van der Waals surface area contributed by atoms with Crippen molar-refractivity contribution >= 4 is 0 Å². The van der Waals surface area contributed by atoms with Gasteiger partial charge in [0.25, 0.3) is 0 Å². The van der Waals surface area contributed by atoms with Gasteiger partial charge in [0.15, 0.2) is 0 Å². The number of rotatable bonds is 1. The van der Waals surface area contributed by atoms with Gasteiger partial charge in [0.05, 0.1) is 13.2 Å². The summed E-state index contributed by atoms with van der Waals surface area (Å²) in [6.07, 6.45) is 0. The van der Waals surface area contributed by atoms with Crippen molar-refractivity contribution < 1.29 is 4.74 Å². The number of hydrogen-bond donors (Lipinski definition) is 1. The minimum atomic E-state index is 0.211. The van der Waals surface area contributed by atoms with Crippen LogP contribution in [0.15, 0.2) is 0 Å². The van der Waals surface area contributed by atoms with E-state index < -0.39 is 0 Å². The molecule has 0 unspecified atom stereocenters. The van der Waals surface area contributed by atoms with Crippen molar-refractivity contribution in [3.63, 3.8) is 0 Å². The van der Waals surface area contributed by atoms with E-state index in [9.17, 15) is 0 Å². The summed E-state index contributed by atoms with van der Waals surface area (Å²) >= 11 is 0. The average Bonchev–Trinajstić information content (AvgIpc) is 2.13. The Hall–Kier alpha value is -0.120. The Morgan fingerprint density at radius 3 is 3.20 bits per heavy atom. The van der Waals surface area contributed by atoms with Crippen molar-refractivity contribution in [1.29, 1.82) is 0 Å². The molecule has 0 aromatic carbocycles. The quantitative estimate of drug-likeness (QED) is 0.547. The van der Waals surface area contributed by atoms with Crippen LogP contribution in [0.5, 0.6) is 0 Å². The summed E-state index contributed by atoms with van der Waals surface area (Å²) in [5.74, 6) is 0. The SMILES string of the molecule is CCN1CCOC[C@@H](N)C1. The fourth-order valence-corrected chi connectivity index (χ4v) is 1.19. The molecule has 0 aliphatic carbocycles. The van der Waals surface area contributed by atoms with Gasteiger partial charge in [-0.05, 0) is 6.54 Å². The monoisotopic (exact) mass is 144 g/mol. The molecule has 3 nitrogen and oxygen atoms in total. The maximum atomic E-state index is 5.73. The molecule has 0 bridgehead atoms. The zero-order valence-electron chi connectivity index (χ0n) is 6.55. The first-order valence-corrected chi connectivity index (χ1v) is 3.88. The lowest BCUT2D eigenvalue weighted by Gasteiger charge is -2.18. The molecule has 0 radical (unpaired) electrons. The van der Waals surface area contributed by atoms with Gasteiger partial charge in [0.2, 0.25) is 0 Å². The Morgan fingerprint density at radius 1 is 1.70 bits per heavy atom. The average molecular weight is 144 g/mol. The summed E-state index contributed by atoms with van der Waals surface area (Å²) in [5, 5.41) is 0. The van der Waals surface area contributed by atoms with Gasteiger partial charge in [0.1, 0.15) is 0 Å². The Kier molecular flexibility index (Phi) is 3.12. The first-order valence-electron chi connectivity index (χ1n) is 3.88. The van der Waals surface area contributed by atoms with Gasteiger partial charge < -0.3 is 10.5 Å². The van der Waals surface area contributed by atoms with E-state index in [1.54, 1.807) is 0 Å². The molecule has 1 aliphatic heterocycles. The lowest BCUT2D eigenvalue weighted by Crippen LogP contribution is -2.37. The minimum absolute atomic E-state index is 0.211. The van der Waals surface area contributed by atoms with Gasteiger partial charge in [-0.2, -0.15) is 0 Å². The summed E-state index contributed by atoms with van der Waals surface area (Å²) in [4.78, 5) is 2.32. The number of nitrogens with two attached hydrogens (primary N) is 1. The van der Waals surface area contributed by atoms with Crippen molar-refractivity contribution in [2.45, 2.75) is 13.0 Å². The van der Waals surface area contributed by atoms with Gasteiger partial charge in [-0.1, -0.05) is 6.92 Å². The second-order valence-electron chi connectivity index (χ2n) is 2.73. The first kappa shape index (κ1) is 7.98. The zero-order chi connectivity index (χ0) is 7.40. The largest absolute Gasteiger partial charge is 0.378 e. The molecule has 2 N–H and O–H groups in total. The van der Waals surface area contributed by atoms with Crippen LogP contribution in [0.25, 0.3) is 0 Å². The number of nitrogens with zero attached hydrogens (tertiary/aromatic N) is 1. The summed E-state index contributed by atoms with van der Waals surface area (Å²) in [5.41, 5.74) is 5.73. The molecule has 1 saturated heterocycles.